The molecule has 2 unspecified atom stereocenters. The number of hydrogen-bond acceptors (Lipinski definition) is 5. The highest BCUT2D eigenvalue weighted by atomic mass is 32.2. The van der Waals surface area contributed by atoms with Crippen molar-refractivity contribution in [3.05, 3.63) is 46.7 Å². The predicted molar refractivity (Wildman–Crippen MR) is 115 cm³/mol. The van der Waals surface area contributed by atoms with Gasteiger partial charge in [0.15, 0.2) is 9.92 Å². The summed E-state index contributed by atoms with van der Waals surface area (Å²) in [7, 11) is -4.17. The molecule has 4 N–H and O–H groups in total. The number of nitrogens with one attached hydrogen (secondary N) is 3. The monoisotopic (exact) mass is 437 g/mol. The fraction of sp³-hybridized carbons (Fsp3) is 0.500. The van der Waals surface area contributed by atoms with Crippen LogP contribution in [0, 0.1) is 10.7 Å². The van der Waals surface area contributed by atoms with Crippen molar-refractivity contribution in [3.63, 3.8) is 0 Å². The van der Waals surface area contributed by atoms with E-state index in [2.05, 4.69) is 23.0 Å². The average molecular weight is 438 g/mol. The summed E-state index contributed by atoms with van der Waals surface area (Å²) in [6.07, 6.45) is 5.49. The minimum absolute atomic E-state index is 0.219. The first kappa shape index (κ1) is 14.6. The zero-order valence-electron chi connectivity index (χ0n) is 22.6. The average Bonchev–Trinajstić information content (AvgIpc) is 3.27. The van der Waals surface area contributed by atoms with Gasteiger partial charge in [-0.3, -0.25) is 0 Å². The third kappa shape index (κ3) is 4.11. The smallest absolute Gasteiger partial charge is 0.332 e. The lowest BCUT2D eigenvalue weighted by Crippen LogP contribution is -2.34. The summed E-state index contributed by atoms with van der Waals surface area (Å²) in [4.78, 5) is 12.9. The molecule has 0 saturated heterocycles. The van der Waals surface area contributed by atoms with E-state index in [-0.39, 0.29) is 5.92 Å². The molecule has 30 heavy (non-hydrogen) atoms. The summed E-state index contributed by atoms with van der Waals surface area (Å²) >= 11 is 0. The summed E-state index contributed by atoms with van der Waals surface area (Å²) < 4.78 is 73.4. The Balaban J connectivity index is 1.59. The number of amides is 2. The quantitative estimate of drug-likeness (QED) is 0.526. The zero-order valence-corrected chi connectivity index (χ0v) is 17.4. The zero-order chi connectivity index (χ0) is 26.7. The molecule has 1 fully saturated rings. The third-order valence-corrected chi connectivity index (χ3v) is 7.14. The minimum atomic E-state index is -4.17. The van der Waals surface area contributed by atoms with Gasteiger partial charge in [0.05, 0.1) is 11.9 Å². The van der Waals surface area contributed by atoms with Crippen molar-refractivity contribution < 1.29 is 26.8 Å². The number of hydrogen-bond donors (Lipinski definition) is 4. The molecule has 7 nitrogen and oxygen atoms in total. The molecule has 2 aliphatic carbocycles. The molecule has 0 spiro atoms. The number of rotatable bonds is 6. The molecule has 2 atom stereocenters. The van der Waals surface area contributed by atoms with E-state index in [0.29, 0.717) is 17.9 Å². The Labute approximate surface area is 185 Å². The van der Waals surface area contributed by atoms with Gasteiger partial charge < -0.3 is 14.8 Å². The van der Waals surface area contributed by atoms with Crippen molar-refractivity contribution in [2.24, 2.45) is 5.92 Å². The lowest BCUT2D eigenvalue weighted by molar-refractivity contribution is 0.0779. The number of aryl methyl sites for hydroxylation is 1. The van der Waals surface area contributed by atoms with E-state index in [1.54, 1.807) is 0 Å². The summed E-state index contributed by atoms with van der Waals surface area (Å²) in [6, 6.07) is 3.88. The number of carbonyl (C=O) groups is 1. The van der Waals surface area contributed by atoms with Gasteiger partial charge in [0.1, 0.15) is 0 Å². The van der Waals surface area contributed by atoms with Gasteiger partial charge in [-0.25, -0.2) is 18.5 Å². The number of fused-ring (bicyclic) bond motifs is 1. The predicted octanol–water partition coefficient (Wildman–Crippen LogP) is 4.65. The highest BCUT2D eigenvalue weighted by Crippen LogP contribution is 2.46. The van der Waals surface area contributed by atoms with Gasteiger partial charge in [-0.05, 0) is 74.3 Å². The first-order chi connectivity index (χ1) is 16.6. The van der Waals surface area contributed by atoms with Crippen molar-refractivity contribution in [1.82, 2.24) is 4.72 Å². The Morgan fingerprint density at radius 3 is 2.87 bits per heavy atom. The summed E-state index contributed by atoms with van der Waals surface area (Å²) in [5.41, 5.74) is -0.235. The van der Waals surface area contributed by atoms with E-state index < -0.39 is 45.9 Å². The van der Waals surface area contributed by atoms with E-state index in [1.807, 2.05) is 6.07 Å². The molecular weight excluding hydrogens is 402 g/mol. The van der Waals surface area contributed by atoms with Crippen LogP contribution in [-0.4, -0.2) is 15.3 Å². The molecule has 1 aromatic carbocycles. The van der Waals surface area contributed by atoms with Crippen molar-refractivity contribution in [2.45, 2.75) is 69.3 Å². The first-order valence-electron chi connectivity index (χ1n) is 12.9. The van der Waals surface area contributed by atoms with Gasteiger partial charge in [0.25, 0.3) is 0 Å². The van der Waals surface area contributed by atoms with Crippen LogP contribution >= 0.6 is 0 Å². The van der Waals surface area contributed by atoms with Gasteiger partial charge in [-0.1, -0.05) is 19.1 Å². The number of anilines is 1. The maximum atomic E-state index is 13.0. The molecule has 1 aromatic heterocycles. The SMILES string of the molecule is [2H]C([2H])([2H])C(O)(c1coc(S(=N)(=O)NC(=O)Nc2c(C(C)C3CC3)ccc3c2CCC3)c1)C([2H])([2H])[2H]. The van der Waals surface area contributed by atoms with Crippen LogP contribution in [0.2, 0.25) is 0 Å². The highest BCUT2D eigenvalue weighted by Gasteiger charge is 2.32. The Morgan fingerprint density at radius 2 is 2.17 bits per heavy atom. The molecule has 4 rings (SSSR count). The van der Waals surface area contributed by atoms with Gasteiger partial charge in [-0.2, -0.15) is 0 Å². The van der Waals surface area contributed by atoms with Crippen LogP contribution in [0.5, 0.6) is 0 Å². The maximum absolute atomic E-state index is 13.0. The van der Waals surface area contributed by atoms with E-state index >= 15 is 0 Å². The lowest BCUT2D eigenvalue weighted by atomic mass is 9.91. The first-order valence-corrected chi connectivity index (χ1v) is 11.5. The largest absolute Gasteiger partial charge is 0.452 e. The van der Waals surface area contributed by atoms with Gasteiger partial charge in [0, 0.05) is 25.5 Å². The van der Waals surface area contributed by atoms with Crippen LogP contribution in [0.4, 0.5) is 10.5 Å². The van der Waals surface area contributed by atoms with Crippen LogP contribution in [-0.2, 0) is 28.4 Å². The fourth-order valence-corrected chi connectivity index (χ4v) is 4.93. The summed E-state index contributed by atoms with van der Waals surface area (Å²) in [5.74, 6) is 0.752. The minimum Gasteiger partial charge on any atom is -0.452 e. The summed E-state index contributed by atoms with van der Waals surface area (Å²) in [6.45, 7) is -4.66. The Hall–Kier alpha value is -2.32. The number of urea groups is 1. The van der Waals surface area contributed by atoms with Gasteiger partial charge in [-0.15, -0.1) is 0 Å². The fourth-order valence-electron chi connectivity index (χ4n) is 4.04. The molecule has 1 saturated carbocycles. The van der Waals surface area contributed by atoms with Crippen LogP contribution in [0.15, 0.2) is 34.0 Å². The third-order valence-electron chi connectivity index (χ3n) is 5.89. The molecule has 0 radical (unpaired) electrons. The van der Waals surface area contributed by atoms with Crippen LogP contribution in [0.1, 0.15) is 76.3 Å². The number of furan rings is 1. The van der Waals surface area contributed by atoms with Gasteiger partial charge >= 0.3 is 6.03 Å². The topological polar surface area (TPSA) is 115 Å². The number of aliphatic hydroxyl groups is 1. The van der Waals surface area contributed by atoms with Crippen molar-refractivity contribution in [2.75, 3.05) is 5.32 Å². The standard InChI is InChI=1S/C22H29N3O4S/c1-13(14-7-8-14)17-10-9-15-5-4-6-18(15)20(17)24-21(26)25-30(23,28)19-11-16(12-29-19)22(2,3)27/h9-14,27H,4-8H2,1-3H3,(H3,23,24,25,26,28)/i2D3,3D3. The second-order valence-corrected chi connectivity index (χ2v) is 9.84. The highest BCUT2D eigenvalue weighted by molar-refractivity contribution is 7.91. The Bertz CT molecular complexity index is 1270. The summed E-state index contributed by atoms with van der Waals surface area (Å²) in [5, 5.41) is 12.7. The molecule has 1 heterocycles. The van der Waals surface area contributed by atoms with E-state index in [9.17, 15) is 14.1 Å². The normalized spacial score (nSPS) is 22.9. The molecule has 8 heteroatoms. The Kier molecular flexibility index (Phi) is 3.62. The Morgan fingerprint density at radius 1 is 1.40 bits per heavy atom. The van der Waals surface area contributed by atoms with E-state index in [0.717, 1.165) is 54.9 Å². The van der Waals surface area contributed by atoms with Crippen LogP contribution in [0.3, 0.4) is 0 Å². The van der Waals surface area contributed by atoms with E-state index in [4.69, 9.17) is 17.4 Å². The van der Waals surface area contributed by atoms with Crippen molar-refractivity contribution in [3.8, 4) is 0 Å². The number of carbonyl (C=O) groups excluding carboxylic acids is 1. The molecule has 2 aromatic rings. The van der Waals surface area contributed by atoms with Crippen molar-refractivity contribution >= 4 is 21.6 Å². The molecule has 2 aliphatic rings. The maximum Gasteiger partial charge on any atom is 0.332 e. The van der Waals surface area contributed by atoms with Crippen molar-refractivity contribution in [1.29, 1.82) is 4.78 Å². The molecular formula is C22H29N3O4S. The molecule has 0 bridgehead atoms. The lowest BCUT2D eigenvalue weighted by Gasteiger charge is -2.20. The van der Waals surface area contributed by atoms with E-state index in [1.165, 1.54) is 0 Å². The number of benzene rings is 1. The molecule has 0 aliphatic heterocycles. The second kappa shape index (κ2) is 7.42. The van der Waals surface area contributed by atoms with Crippen LogP contribution in [0.25, 0.3) is 0 Å². The molecule has 162 valence electrons. The van der Waals surface area contributed by atoms with Crippen LogP contribution < -0.4 is 10.0 Å². The second-order valence-electron chi connectivity index (χ2n) is 8.12. The molecule has 2 amide bonds. The van der Waals surface area contributed by atoms with Gasteiger partial charge in [0.2, 0.25) is 5.09 Å².